The van der Waals surface area contributed by atoms with Crippen LogP contribution in [0.2, 0.25) is 0 Å². The van der Waals surface area contributed by atoms with Gasteiger partial charge in [0.05, 0.1) is 18.2 Å². The first kappa shape index (κ1) is 17.7. The van der Waals surface area contributed by atoms with E-state index < -0.39 is 0 Å². The maximum atomic E-state index is 12.9. The molecule has 7 nitrogen and oxygen atoms in total. The van der Waals surface area contributed by atoms with Crippen LogP contribution in [0, 0.1) is 0 Å². The number of fused-ring (bicyclic) bond motifs is 1. The number of piperidine rings is 1. The number of rotatable bonds is 4. The third kappa shape index (κ3) is 3.33. The van der Waals surface area contributed by atoms with Crippen LogP contribution in [0.25, 0.3) is 22.4 Å². The molecular formula is C22H22N4O3. The number of aromatic nitrogens is 3. The van der Waals surface area contributed by atoms with Crippen LogP contribution in [0.4, 0.5) is 0 Å². The SMILES string of the molecule is Cn1cc(CC(=O)N2CCC(c3nnc(-c4ccoc4)o3)CC2)c2ccccc21. The molecule has 1 fully saturated rings. The first-order valence-corrected chi connectivity index (χ1v) is 9.86. The van der Waals surface area contributed by atoms with Crippen LogP contribution in [0.1, 0.15) is 30.2 Å². The van der Waals surface area contributed by atoms with Crippen molar-refractivity contribution in [2.45, 2.75) is 25.2 Å². The van der Waals surface area contributed by atoms with Gasteiger partial charge in [0.1, 0.15) is 6.26 Å². The van der Waals surface area contributed by atoms with Crippen LogP contribution < -0.4 is 0 Å². The standard InChI is InChI=1S/C22H22N4O3/c1-25-13-17(18-4-2-3-5-19(18)25)12-20(27)26-9-6-15(7-10-26)21-23-24-22(29-21)16-8-11-28-14-16/h2-5,8,11,13-15H,6-7,9-10,12H2,1H3. The summed E-state index contributed by atoms with van der Waals surface area (Å²) >= 11 is 0. The van der Waals surface area contributed by atoms with Crippen LogP contribution in [0.15, 0.2) is 57.9 Å². The zero-order valence-corrected chi connectivity index (χ0v) is 16.2. The summed E-state index contributed by atoms with van der Waals surface area (Å²) in [6, 6.07) is 10.00. The molecule has 4 heterocycles. The van der Waals surface area contributed by atoms with E-state index in [2.05, 4.69) is 33.1 Å². The van der Waals surface area contributed by atoms with Crippen LogP contribution in [-0.2, 0) is 18.3 Å². The molecule has 1 aliphatic rings. The van der Waals surface area contributed by atoms with Crippen molar-refractivity contribution in [3.05, 3.63) is 60.5 Å². The minimum Gasteiger partial charge on any atom is -0.472 e. The van der Waals surface area contributed by atoms with Crippen molar-refractivity contribution in [3.8, 4) is 11.5 Å². The second-order valence-corrected chi connectivity index (χ2v) is 7.57. The summed E-state index contributed by atoms with van der Waals surface area (Å²) in [5, 5.41) is 9.47. The Morgan fingerprint density at radius 2 is 2.00 bits per heavy atom. The molecule has 0 spiro atoms. The normalized spacial score (nSPS) is 15.3. The van der Waals surface area contributed by atoms with Crippen molar-refractivity contribution in [1.82, 2.24) is 19.7 Å². The molecule has 0 aliphatic carbocycles. The van der Waals surface area contributed by atoms with Crippen molar-refractivity contribution in [1.29, 1.82) is 0 Å². The van der Waals surface area contributed by atoms with Gasteiger partial charge in [-0.3, -0.25) is 4.79 Å². The molecule has 7 heteroatoms. The maximum Gasteiger partial charge on any atom is 0.250 e. The van der Waals surface area contributed by atoms with E-state index in [1.807, 2.05) is 24.1 Å². The van der Waals surface area contributed by atoms with Gasteiger partial charge < -0.3 is 18.3 Å². The monoisotopic (exact) mass is 390 g/mol. The Morgan fingerprint density at radius 3 is 2.79 bits per heavy atom. The highest BCUT2D eigenvalue weighted by Gasteiger charge is 2.28. The van der Waals surface area contributed by atoms with E-state index in [-0.39, 0.29) is 11.8 Å². The molecule has 1 amide bonds. The highest BCUT2D eigenvalue weighted by atomic mass is 16.4. The number of hydrogen-bond acceptors (Lipinski definition) is 5. The van der Waals surface area contributed by atoms with Gasteiger partial charge in [0.25, 0.3) is 5.89 Å². The van der Waals surface area contributed by atoms with Crippen LogP contribution in [-0.4, -0.2) is 38.7 Å². The molecule has 29 heavy (non-hydrogen) atoms. The minimum absolute atomic E-state index is 0.171. The summed E-state index contributed by atoms with van der Waals surface area (Å²) in [5.41, 5.74) is 3.02. The summed E-state index contributed by atoms with van der Waals surface area (Å²) in [6.45, 7) is 1.41. The predicted molar refractivity (Wildman–Crippen MR) is 107 cm³/mol. The van der Waals surface area contributed by atoms with Crippen LogP contribution >= 0.6 is 0 Å². The number of carbonyl (C=O) groups excluding carboxylic acids is 1. The van der Waals surface area contributed by atoms with Gasteiger partial charge in [0, 0.05) is 43.2 Å². The van der Waals surface area contributed by atoms with E-state index in [1.165, 1.54) is 0 Å². The van der Waals surface area contributed by atoms with Gasteiger partial charge in [-0.2, -0.15) is 0 Å². The number of furan rings is 1. The molecule has 0 radical (unpaired) electrons. The molecule has 5 rings (SSSR count). The van der Waals surface area contributed by atoms with Gasteiger partial charge in [-0.25, -0.2) is 0 Å². The molecule has 4 aromatic rings. The summed E-state index contributed by atoms with van der Waals surface area (Å²) in [5.74, 6) is 1.47. The number of carbonyl (C=O) groups is 1. The van der Waals surface area contributed by atoms with Gasteiger partial charge in [-0.15, -0.1) is 10.2 Å². The van der Waals surface area contributed by atoms with Crippen molar-refractivity contribution in [3.63, 3.8) is 0 Å². The molecule has 1 saturated heterocycles. The topological polar surface area (TPSA) is 77.3 Å². The lowest BCUT2D eigenvalue weighted by molar-refractivity contribution is -0.131. The Labute approximate surface area is 167 Å². The molecule has 148 valence electrons. The molecule has 0 atom stereocenters. The molecule has 0 N–H and O–H groups in total. The number of benzene rings is 1. The summed E-state index contributed by atoms with van der Waals surface area (Å²) < 4.78 is 13.0. The second kappa shape index (κ2) is 7.24. The average molecular weight is 390 g/mol. The van der Waals surface area contributed by atoms with Crippen LogP contribution in [0.3, 0.4) is 0 Å². The molecule has 1 aromatic carbocycles. The number of likely N-dealkylation sites (tertiary alicyclic amines) is 1. The summed E-state index contributed by atoms with van der Waals surface area (Å²) in [7, 11) is 2.02. The Balaban J connectivity index is 1.23. The lowest BCUT2D eigenvalue weighted by atomic mass is 9.96. The van der Waals surface area contributed by atoms with E-state index in [1.54, 1.807) is 18.6 Å². The summed E-state index contributed by atoms with van der Waals surface area (Å²) in [4.78, 5) is 14.8. The fraction of sp³-hybridized carbons (Fsp3) is 0.318. The summed E-state index contributed by atoms with van der Waals surface area (Å²) in [6.07, 6.45) is 7.32. The van der Waals surface area contributed by atoms with Gasteiger partial charge >= 0.3 is 0 Å². The third-order valence-electron chi connectivity index (χ3n) is 5.73. The zero-order chi connectivity index (χ0) is 19.8. The molecule has 0 bridgehead atoms. The van der Waals surface area contributed by atoms with E-state index in [0.29, 0.717) is 31.3 Å². The molecular weight excluding hydrogens is 368 g/mol. The fourth-order valence-electron chi connectivity index (χ4n) is 4.12. The largest absolute Gasteiger partial charge is 0.472 e. The lowest BCUT2D eigenvalue weighted by Gasteiger charge is -2.30. The van der Waals surface area contributed by atoms with E-state index in [4.69, 9.17) is 8.83 Å². The van der Waals surface area contributed by atoms with Crippen LogP contribution in [0.5, 0.6) is 0 Å². The molecule has 0 saturated carbocycles. The highest BCUT2D eigenvalue weighted by molar-refractivity contribution is 5.89. The first-order valence-electron chi connectivity index (χ1n) is 9.86. The molecule has 1 aliphatic heterocycles. The van der Waals surface area contributed by atoms with E-state index >= 15 is 0 Å². The Bertz CT molecular complexity index is 1130. The van der Waals surface area contributed by atoms with Gasteiger partial charge in [0.15, 0.2) is 0 Å². The number of para-hydroxylation sites is 1. The lowest BCUT2D eigenvalue weighted by Crippen LogP contribution is -2.38. The third-order valence-corrected chi connectivity index (χ3v) is 5.73. The number of nitrogens with zero attached hydrogens (tertiary/aromatic N) is 4. The number of hydrogen-bond donors (Lipinski definition) is 0. The Hall–Kier alpha value is -3.35. The minimum atomic E-state index is 0.171. The predicted octanol–water partition coefficient (Wildman–Crippen LogP) is 3.77. The number of amides is 1. The molecule has 0 unspecified atom stereocenters. The van der Waals surface area contributed by atoms with Gasteiger partial charge in [-0.05, 0) is 30.5 Å². The zero-order valence-electron chi connectivity index (χ0n) is 16.2. The van der Waals surface area contributed by atoms with E-state index in [9.17, 15) is 4.79 Å². The van der Waals surface area contributed by atoms with Gasteiger partial charge in [0.2, 0.25) is 11.8 Å². The molecule has 3 aromatic heterocycles. The average Bonchev–Trinajstić information content (AvgIpc) is 3.49. The van der Waals surface area contributed by atoms with Crippen molar-refractivity contribution >= 4 is 16.8 Å². The van der Waals surface area contributed by atoms with E-state index in [0.717, 1.165) is 34.9 Å². The van der Waals surface area contributed by atoms with Crippen molar-refractivity contribution in [2.75, 3.05) is 13.1 Å². The highest BCUT2D eigenvalue weighted by Crippen LogP contribution is 2.30. The maximum absolute atomic E-state index is 12.9. The fourth-order valence-corrected chi connectivity index (χ4v) is 4.12. The quantitative estimate of drug-likeness (QED) is 0.530. The van der Waals surface area contributed by atoms with Gasteiger partial charge in [-0.1, -0.05) is 18.2 Å². The van der Waals surface area contributed by atoms with Crippen molar-refractivity contribution in [2.24, 2.45) is 7.05 Å². The second-order valence-electron chi connectivity index (χ2n) is 7.57. The number of aryl methyl sites for hydroxylation is 1. The Kier molecular flexibility index (Phi) is 4.42. The smallest absolute Gasteiger partial charge is 0.250 e. The first-order chi connectivity index (χ1) is 14.2. The Morgan fingerprint density at radius 1 is 1.17 bits per heavy atom. The van der Waals surface area contributed by atoms with Crippen molar-refractivity contribution < 1.29 is 13.6 Å².